The molecule has 0 N–H and O–H groups in total. The zero-order chi connectivity index (χ0) is 9.19. The van der Waals surface area contributed by atoms with E-state index >= 15 is 0 Å². The van der Waals surface area contributed by atoms with Crippen LogP contribution in [0.2, 0.25) is 0 Å². The van der Waals surface area contributed by atoms with Crippen LogP contribution in [0, 0.1) is 0 Å². The van der Waals surface area contributed by atoms with Crippen LogP contribution in [0.4, 0.5) is 0 Å². The summed E-state index contributed by atoms with van der Waals surface area (Å²) >= 11 is 0. The molecule has 1 heterocycles. The van der Waals surface area contributed by atoms with Crippen molar-refractivity contribution in [1.82, 2.24) is 4.90 Å². The molecule has 3 nitrogen and oxygen atoms in total. The van der Waals surface area contributed by atoms with Crippen molar-refractivity contribution in [2.75, 3.05) is 25.9 Å². The van der Waals surface area contributed by atoms with Gasteiger partial charge >= 0.3 is 0 Å². The lowest BCUT2D eigenvalue weighted by Crippen LogP contribution is -2.44. The molecular formula is C8H17NO2S. The molecule has 0 radical (unpaired) electrons. The minimum Gasteiger partial charge on any atom is -0.304 e. The van der Waals surface area contributed by atoms with Crippen molar-refractivity contribution < 1.29 is 8.42 Å². The maximum Gasteiger partial charge on any atom is 0.155 e. The first kappa shape index (κ1) is 9.99. The second kappa shape index (κ2) is 3.75. The molecule has 0 saturated carbocycles. The fourth-order valence-corrected chi connectivity index (χ4v) is 3.57. The summed E-state index contributed by atoms with van der Waals surface area (Å²) in [4.78, 5) is 2.10. The zero-order valence-corrected chi connectivity index (χ0v) is 8.60. The molecule has 0 aromatic heterocycles. The molecule has 4 heteroatoms. The van der Waals surface area contributed by atoms with Gasteiger partial charge in [-0.3, -0.25) is 0 Å². The number of hydrogen-bond acceptors (Lipinski definition) is 3. The van der Waals surface area contributed by atoms with E-state index in [9.17, 15) is 8.42 Å². The third-order valence-corrected chi connectivity index (χ3v) is 4.54. The summed E-state index contributed by atoms with van der Waals surface area (Å²) in [7, 11) is -0.777. The molecule has 0 aromatic carbocycles. The van der Waals surface area contributed by atoms with Gasteiger partial charge in [-0.2, -0.15) is 0 Å². The average Bonchev–Trinajstić information content (AvgIpc) is 1.98. The van der Waals surface area contributed by atoms with Gasteiger partial charge in [0.15, 0.2) is 9.84 Å². The van der Waals surface area contributed by atoms with E-state index in [-0.39, 0.29) is 5.25 Å². The van der Waals surface area contributed by atoms with E-state index in [4.69, 9.17) is 0 Å². The molecule has 1 fully saturated rings. The number of hydrogen-bond donors (Lipinski definition) is 0. The molecule has 0 spiro atoms. The standard InChI is InChI=1S/C8H17NO2S/c1-3-4-8-7-9(2)5-6-12(8,10)11/h8H,3-7H2,1-2H3. The topological polar surface area (TPSA) is 37.4 Å². The van der Waals surface area contributed by atoms with Crippen LogP contribution in [0.25, 0.3) is 0 Å². The Balaban J connectivity index is 2.66. The molecule has 0 aliphatic carbocycles. The highest BCUT2D eigenvalue weighted by Gasteiger charge is 2.30. The van der Waals surface area contributed by atoms with Crippen molar-refractivity contribution in [3.05, 3.63) is 0 Å². The predicted octanol–water partition coefficient (Wildman–Crippen LogP) is 0.515. The van der Waals surface area contributed by atoms with Gasteiger partial charge in [-0.1, -0.05) is 13.3 Å². The van der Waals surface area contributed by atoms with Crippen molar-refractivity contribution in [1.29, 1.82) is 0 Å². The largest absolute Gasteiger partial charge is 0.304 e. The Morgan fingerprint density at radius 1 is 1.50 bits per heavy atom. The van der Waals surface area contributed by atoms with Gasteiger partial charge in [0.2, 0.25) is 0 Å². The van der Waals surface area contributed by atoms with Crippen LogP contribution in [0.5, 0.6) is 0 Å². The van der Waals surface area contributed by atoms with Crippen LogP contribution in [0.3, 0.4) is 0 Å². The smallest absolute Gasteiger partial charge is 0.155 e. The molecule has 0 amide bonds. The Morgan fingerprint density at radius 3 is 2.75 bits per heavy atom. The van der Waals surface area contributed by atoms with Gasteiger partial charge in [-0.15, -0.1) is 0 Å². The highest BCUT2D eigenvalue weighted by molar-refractivity contribution is 7.92. The summed E-state index contributed by atoms with van der Waals surface area (Å²) in [5.41, 5.74) is 0. The van der Waals surface area contributed by atoms with Gasteiger partial charge in [0, 0.05) is 13.1 Å². The molecule has 1 unspecified atom stereocenters. The third-order valence-electron chi connectivity index (χ3n) is 2.39. The molecule has 1 atom stereocenters. The van der Waals surface area contributed by atoms with E-state index in [0.29, 0.717) is 12.3 Å². The summed E-state index contributed by atoms with van der Waals surface area (Å²) in [6, 6.07) is 0. The highest BCUT2D eigenvalue weighted by Crippen LogP contribution is 2.15. The lowest BCUT2D eigenvalue weighted by atomic mass is 10.2. The SMILES string of the molecule is CCCC1CN(C)CCS1(=O)=O. The fraction of sp³-hybridized carbons (Fsp3) is 1.00. The Morgan fingerprint density at radius 2 is 2.17 bits per heavy atom. The molecule has 1 aliphatic rings. The zero-order valence-electron chi connectivity index (χ0n) is 7.78. The summed E-state index contributed by atoms with van der Waals surface area (Å²) in [5, 5.41) is -0.110. The first-order valence-corrected chi connectivity index (χ1v) is 6.18. The van der Waals surface area contributed by atoms with E-state index in [0.717, 1.165) is 19.4 Å². The summed E-state index contributed by atoms with van der Waals surface area (Å²) in [6.45, 7) is 3.45. The summed E-state index contributed by atoms with van der Waals surface area (Å²) in [6.07, 6.45) is 1.77. The molecule has 0 bridgehead atoms. The Hall–Kier alpha value is -0.0900. The second-order valence-electron chi connectivity index (χ2n) is 3.54. The maximum absolute atomic E-state index is 11.5. The van der Waals surface area contributed by atoms with Crippen molar-refractivity contribution >= 4 is 9.84 Å². The second-order valence-corrected chi connectivity index (χ2v) is 5.94. The predicted molar refractivity (Wildman–Crippen MR) is 50.0 cm³/mol. The molecule has 1 rings (SSSR count). The first-order chi connectivity index (χ1) is 5.56. The molecule has 1 aliphatic heterocycles. The van der Waals surface area contributed by atoms with Crippen molar-refractivity contribution in [2.45, 2.75) is 25.0 Å². The fourth-order valence-electron chi connectivity index (χ4n) is 1.60. The lowest BCUT2D eigenvalue weighted by Gasteiger charge is -2.29. The van der Waals surface area contributed by atoms with Crippen molar-refractivity contribution in [3.63, 3.8) is 0 Å². The lowest BCUT2D eigenvalue weighted by molar-refractivity contribution is 0.326. The van der Waals surface area contributed by atoms with Crippen molar-refractivity contribution in [3.8, 4) is 0 Å². The van der Waals surface area contributed by atoms with Crippen LogP contribution in [-0.2, 0) is 9.84 Å². The molecule has 12 heavy (non-hydrogen) atoms. The molecule has 72 valence electrons. The van der Waals surface area contributed by atoms with E-state index < -0.39 is 9.84 Å². The van der Waals surface area contributed by atoms with Crippen LogP contribution in [-0.4, -0.2) is 44.5 Å². The van der Waals surface area contributed by atoms with Crippen molar-refractivity contribution in [2.24, 2.45) is 0 Å². The van der Waals surface area contributed by atoms with Gasteiger partial charge < -0.3 is 4.90 Å². The highest BCUT2D eigenvalue weighted by atomic mass is 32.2. The van der Waals surface area contributed by atoms with Gasteiger partial charge in [0.25, 0.3) is 0 Å². The molecule has 1 saturated heterocycles. The average molecular weight is 191 g/mol. The summed E-state index contributed by atoms with van der Waals surface area (Å²) in [5.74, 6) is 0.341. The van der Waals surface area contributed by atoms with Gasteiger partial charge in [0.1, 0.15) is 0 Å². The number of sulfone groups is 1. The van der Waals surface area contributed by atoms with E-state index in [1.165, 1.54) is 0 Å². The van der Waals surface area contributed by atoms with Crippen LogP contribution in [0.15, 0.2) is 0 Å². The van der Waals surface area contributed by atoms with E-state index in [1.807, 2.05) is 14.0 Å². The molecular weight excluding hydrogens is 174 g/mol. The number of rotatable bonds is 2. The molecule has 0 aromatic rings. The first-order valence-electron chi connectivity index (χ1n) is 4.46. The Kier molecular flexibility index (Phi) is 3.12. The van der Waals surface area contributed by atoms with Crippen LogP contribution < -0.4 is 0 Å². The van der Waals surface area contributed by atoms with E-state index in [2.05, 4.69) is 4.90 Å². The Bertz CT molecular complexity index is 235. The van der Waals surface area contributed by atoms with Gasteiger partial charge in [-0.25, -0.2) is 8.42 Å². The van der Waals surface area contributed by atoms with E-state index in [1.54, 1.807) is 0 Å². The normalized spacial score (nSPS) is 30.3. The van der Waals surface area contributed by atoms with Gasteiger partial charge in [-0.05, 0) is 13.5 Å². The maximum atomic E-state index is 11.5. The minimum atomic E-state index is -2.76. The number of nitrogens with zero attached hydrogens (tertiary/aromatic N) is 1. The third kappa shape index (κ3) is 2.20. The minimum absolute atomic E-state index is 0.110. The van der Waals surface area contributed by atoms with Gasteiger partial charge in [0.05, 0.1) is 11.0 Å². The monoisotopic (exact) mass is 191 g/mol. The quantitative estimate of drug-likeness (QED) is 0.638. The van der Waals surface area contributed by atoms with Crippen LogP contribution in [0.1, 0.15) is 19.8 Å². The van der Waals surface area contributed by atoms with Crippen LogP contribution >= 0.6 is 0 Å². The Labute approximate surface area is 74.7 Å². The summed E-state index contributed by atoms with van der Waals surface area (Å²) < 4.78 is 23.0.